The molecular formula is C8H9NO3. The lowest BCUT2D eigenvalue weighted by atomic mass is 10.2. The predicted molar refractivity (Wildman–Crippen MR) is 40.2 cm³/mol. The third-order valence-corrected chi connectivity index (χ3v) is 1.91. The Morgan fingerprint density at radius 3 is 2.83 bits per heavy atom. The second-order valence-corrected chi connectivity index (χ2v) is 3.03. The molecule has 4 nitrogen and oxygen atoms in total. The highest BCUT2D eigenvalue weighted by molar-refractivity contribution is 5.86. The van der Waals surface area contributed by atoms with E-state index in [1.165, 1.54) is 0 Å². The highest BCUT2D eigenvalue weighted by Crippen LogP contribution is 2.41. The number of nitrogens with zero attached hydrogens (tertiary/aromatic N) is 1. The van der Waals surface area contributed by atoms with E-state index in [1.807, 2.05) is 0 Å². The molecule has 12 heavy (non-hydrogen) atoms. The maximum absolute atomic E-state index is 10.6. The number of aromatic nitrogens is 1. The van der Waals surface area contributed by atoms with Crippen LogP contribution < -0.4 is 0 Å². The summed E-state index contributed by atoms with van der Waals surface area (Å²) < 4.78 is 5.21. The van der Waals surface area contributed by atoms with Gasteiger partial charge in [-0.25, -0.2) is 9.78 Å². The molecule has 1 aromatic heterocycles. The van der Waals surface area contributed by atoms with Crippen molar-refractivity contribution in [2.45, 2.75) is 25.7 Å². The van der Waals surface area contributed by atoms with Gasteiger partial charge in [-0.15, -0.1) is 0 Å². The van der Waals surface area contributed by atoms with Crippen molar-refractivity contribution in [2.24, 2.45) is 0 Å². The Morgan fingerprint density at radius 1 is 1.67 bits per heavy atom. The monoisotopic (exact) mass is 167 g/mol. The molecule has 0 aliphatic heterocycles. The minimum Gasteiger partial charge on any atom is -0.476 e. The standard InChI is InChI=1S/C8H9NO3/c1-4-9-6(8(10)11)7(12-4)5-2-3-5/h5H,2-3H2,1H3,(H,10,11). The van der Waals surface area contributed by atoms with Crippen LogP contribution in [0.4, 0.5) is 0 Å². The van der Waals surface area contributed by atoms with Gasteiger partial charge in [0.2, 0.25) is 0 Å². The van der Waals surface area contributed by atoms with Crippen LogP contribution in [0.3, 0.4) is 0 Å². The highest BCUT2D eigenvalue weighted by atomic mass is 16.4. The summed E-state index contributed by atoms with van der Waals surface area (Å²) in [5.41, 5.74) is 0.0926. The molecule has 0 unspecified atom stereocenters. The van der Waals surface area contributed by atoms with E-state index in [0.29, 0.717) is 17.6 Å². The topological polar surface area (TPSA) is 63.3 Å². The molecule has 4 heteroatoms. The molecule has 1 aliphatic carbocycles. The van der Waals surface area contributed by atoms with Gasteiger partial charge in [0, 0.05) is 12.8 Å². The molecule has 1 aromatic rings. The first-order valence-electron chi connectivity index (χ1n) is 3.89. The van der Waals surface area contributed by atoms with E-state index in [4.69, 9.17) is 9.52 Å². The van der Waals surface area contributed by atoms with Crippen LogP contribution in [-0.4, -0.2) is 16.1 Å². The fraction of sp³-hybridized carbons (Fsp3) is 0.500. The molecule has 0 spiro atoms. The summed E-state index contributed by atoms with van der Waals surface area (Å²) in [4.78, 5) is 14.4. The Morgan fingerprint density at radius 2 is 2.33 bits per heavy atom. The molecule has 1 fully saturated rings. The third kappa shape index (κ3) is 1.09. The van der Waals surface area contributed by atoms with E-state index in [-0.39, 0.29) is 5.69 Å². The van der Waals surface area contributed by atoms with Gasteiger partial charge >= 0.3 is 5.97 Å². The number of carboxylic acid groups (broad SMARTS) is 1. The lowest BCUT2D eigenvalue weighted by molar-refractivity contribution is 0.0688. The first kappa shape index (κ1) is 7.34. The third-order valence-electron chi connectivity index (χ3n) is 1.91. The second kappa shape index (κ2) is 2.33. The van der Waals surface area contributed by atoms with Gasteiger partial charge in [-0.3, -0.25) is 0 Å². The van der Waals surface area contributed by atoms with Gasteiger partial charge < -0.3 is 9.52 Å². The lowest BCUT2D eigenvalue weighted by Crippen LogP contribution is -2.00. The molecule has 2 rings (SSSR count). The summed E-state index contributed by atoms with van der Waals surface area (Å²) in [5, 5.41) is 8.73. The van der Waals surface area contributed by atoms with Gasteiger partial charge in [-0.05, 0) is 12.8 Å². The number of aromatic carboxylic acids is 1. The summed E-state index contributed by atoms with van der Waals surface area (Å²) in [6.07, 6.45) is 2.05. The van der Waals surface area contributed by atoms with Gasteiger partial charge in [0.05, 0.1) is 0 Å². The second-order valence-electron chi connectivity index (χ2n) is 3.03. The zero-order chi connectivity index (χ0) is 8.72. The van der Waals surface area contributed by atoms with E-state index < -0.39 is 5.97 Å². The number of carbonyl (C=O) groups is 1. The van der Waals surface area contributed by atoms with Crippen molar-refractivity contribution < 1.29 is 14.3 Å². The molecular weight excluding hydrogens is 158 g/mol. The minimum absolute atomic E-state index is 0.0926. The van der Waals surface area contributed by atoms with Crippen molar-refractivity contribution in [3.8, 4) is 0 Å². The van der Waals surface area contributed by atoms with Crippen molar-refractivity contribution in [3.63, 3.8) is 0 Å². The SMILES string of the molecule is Cc1nc(C(=O)O)c(C2CC2)o1. The van der Waals surface area contributed by atoms with Crippen molar-refractivity contribution in [1.82, 2.24) is 4.98 Å². The number of oxazole rings is 1. The zero-order valence-corrected chi connectivity index (χ0v) is 6.70. The van der Waals surface area contributed by atoms with E-state index in [2.05, 4.69) is 4.98 Å². The van der Waals surface area contributed by atoms with Crippen molar-refractivity contribution in [1.29, 1.82) is 0 Å². The van der Waals surface area contributed by atoms with E-state index in [9.17, 15) is 4.79 Å². The highest BCUT2D eigenvalue weighted by Gasteiger charge is 2.33. The number of hydrogen-bond acceptors (Lipinski definition) is 3. The van der Waals surface area contributed by atoms with Crippen LogP contribution in [0.5, 0.6) is 0 Å². The quantitative estimate of drug-likeness (QED) is 0.725. The van der Waals surface area contributed by atoms with Crippen LogP contribution in [0.2, 0.25) is 0 Å². The average Bonchev–Trinajstić information content (AvgIpc) is 2.75. The number of rotatable bonds is 2. The summed E-state index contributed by atoms with van der Waals surface area (Å²) in [6, 6.07) is 0. The molecule has 1 saturated carbocycles. The number of carboxylic acids is 1. The smallest absolute Gasteiger partial charge is 0.358 e. The van der Waals surface area contributed by atoms with E-state index in [0.717, 1.165) is 12.8 Å². The van der Waals surface area contributed by atoms with Gasteiger partial charge in [0.1, 0.15) is 5.76 Å². The maximum Gasteiger partial charge on any atom is 0.358 e. The van der Waals surface area contributed by atoms with Crippen molar-refractivity contribution >= 4 is 5.97 Å². The minimum atomic E-state index is -0.992. The Labute approximate surface area is 69.2 Å². The Kier molecular flexibility index (Phi) is 1.43. The van der Waals surface area contributed by atoms with Crippen LogP contribution in [0.25, 0.3) is 0 Å². The van der Waals surface area contributed by atoms with E-state index in [1.54, 1.807) is 6.92 Å². The van der Waals surface area contributed by atoms with Crippen molar-refractivity contribution in [3.05, 3.63) is 17.3 Å². The predicted octanol–water partition coefficient (Wildman–Crippen LogP) is 1.56. The fourth-order valence-electron chi connectivity index (χ4n) is 1.22. The van der Waals surface area contributed by atoms with Gasteiger partial charge in [0.15, 0.2) is 11.6 Å². The molecule has 1 N–H and O–H groups in total. The van der Waals surface area contributed by atoms with Crippen molar-refractivity contribution in [2.75, 3.05) is 0 Å². The Hall–Kier alpha value is -1.32. The van der Waals surface area contributed by atoms with Gasteiger partial charge in [0.25, 0.3) is 0 Å². The largest absolute Gasteiger partial charge is 0.476 e. The molecule has 1 heterocycles. The van der Waals surface area contributed by atoms with Crippen LogP contribution in [0.15, 0.2) is 4.42 Å². The fourth-order valence-corrected chi connectivity index (χ4v) is 1.22. The first-order valence-corrected chi connectivity index (χ1v) is 3.89. The van der Waals surface area contributed by atoms with Crippen LogP contribution in [-0.2, 0) is 0 Å². The molecule has 64 valence electrons. The molecule has 0 bridgehead atoms. The maximum atomic E-state index is 10.6. The summed E-state index contributed by atoms with van der Waals surface area (Å²) >= 11 is 0. The first-order chi connectivity index (χ1) is 5.68. The zero-order valence-electron chi connectivity index (χ0n) is 6.70. The molecule has 0 radical (unpaired) electrons. The van der Waals surface area contributed by atoms with Gasteiger partial charge in [-0.1, -0.05) is 0 Å². The molecule has 0 amide bonds. The lowest BCUT2D eigenvalue weighted by Gasteiger charge is -1.90. The Balaban J connectivity index is 2.43. The molecule has 0 aromatic carbocycles. The summed E-state index contributed by atoms with van der Waals surface area (Å²) in [5.74, 6) is 0.306. The van der Waals surface area contributed by atoms with Gasteiger partial charge in [-0.2, -0.15) is 0 Å². The summed E-state index contributed by atoms with van der Waals surface area (Å²) in [7, 11) is 0. The Bertz CT molecular complexity index is 325. The molecule has 0 saturated heterocycles. The number of aryl methyl sites for hydroxylation is 1. The van der Waals surface area contributed by atoms with Crippen LogP contribution in [0.1, 0.15) is 40.9 Å². The normalized spacial score (nSPS) is 16.4. The van der Waals surface area contributed by atoms with E-state index >= 15 is 0 Å². The average molecular weight is 167 g/mol. The van der Waals surface area contributed by atoms with Crippen LogP contribution >= 0.6 is 0 Å². The number of hydrogen-bond donors (Lipinski definition) is 1. The molecule has 0 atom stereocenters. The molecule has 1 aliphatic rings. The summed E-state index contributed by atoms with van der Waals surface area (Å²) in [6.45, 7) is 1.66. The van der Waals surface area contributed by atoms with Crippen LogP contribution in [0, 0.1) is 6.92 Å².